The van der Waals surface area contributed by atoms with E-state index in [1.807, 2.05) is 33.9 Å². The molecule has 0 saturated carbocycles. The normalized spacial score (nSPS) is 15.5. The molecular formula is C24H28N6O. The fraction of sp³-hybridized carbons (Fsp3) is 0.375. The first kappa shape index (κ1) is 19.9. The van der Waals surface area contributed by atoms with Gasteiger partial charge in [0.2, 0.25) is 0 Å². The first-order valence-electron chi connectivity index (χ1n) is 10.8. The van der Waals surface area contributed by atoms with Gasteiger partial charge in [0.05, 0.1) is 23.7 Å². The Bertz CT molecular complexity index is 1200. The molecule has 1 aliphatic heterocycles. The van der Waals surface area contributed by atoms with Gasteiger partial charge < -0.3 is 5.11 Å². The van der Waals surface area contributed by atoms with E-state index in [2.05, 4.69) is 66.2 Å². The zero-order valence-corrected chi connectivity index (χ0v) is 18.2. The summed E-state index contributed by atoms with van der Waals surface area (Å²) < 4.78 is 3.80. The highest BCUT2D eigenvalue weighted by molar-refractivity contribution is 5.58. The van der Waals surface area contributed by atoms with Crippen molar-refractivity contribution < 1.29 is 5.11 Å². The van der Waals surface area contributed by atoms with Gasteiger partial charge in [0.25, 0.3) is 0 Å². The number of nitrogens with zero attached hydrogens (tertiary/aromatic N) is 6. The SMILES string of the molecule is CCc1nn2cccnc2c1C(C)(C)c1ccc(-n2cc(CN3CC(O)C3)cn2)cc1. The van der Waals surface area contributed by atoms with E-state index in [1.54, 1.807) is 0 Å². The lowest BCUT2D eigenvalue weighted by molar-refractivity contribution is -0.00287. The minimum atomic E-state index is -0.229. The topological polar surface area (TPSA) is 71.5 Å². The van der Waals surface area contributed by atoms with Crippen molar-refractivity contribution in [2.75, 3.05) is 13.1 Å². The molecule has 4 aromatic rings. The molecule has 0 unspecified atom stereocenters. The molecule has 0 amide bonds. The van der Waals surface area contributed by atoms with Gasteiger partial charge in [0.1, 0.15) is 0 Å². The molecule has 0 bridgehead atoms. The zero-order valence-electron chi connectivity index (χ0n) is 18.2. The maximum atomic E-state index is 9.46. The highest BCUT2D eigenvalue weighted by Gasteiger charge is 2.31. The van der Waals surface area contributed by atoms with Crippen molar-refractivity contribution in [1.82, 2.24) is 29.3 Å². The summed E-state index contributed by atoms with van der Waals surface area (Å²) in [4.78, 5) is 6.83. The van der Waals surface area contributed by atoms with Crippen LogP contribution in [0.25, 0.3) is 11.3 Å². The second-order valence-electron chi connectivity index (χ2n) is 8.88. The fourth-order valence-electron chi connectivity index (χ4n) is 4.51. The van der Waals surface area contributed by atoms with Crippen LogP contribution in [0.3, 0.4) is 0 Å². The summed E-state index contributed by atoms with van der Waals surface area (Å²) >= 11 is 0. The minimum absolute atomic E-state index is 0.178. The monoisotopic (exact) mass is 416 g/mol. The molecule has 160 valence electrons. The van der Waals surface area contributed by atoms with Gasteiger partial charge in [-0.15, -0.1) is 0 Å². The average molecular weight is 417 g/mol. The van der Waals surface area contributed by atoms with Gasteiger partial charge in [-0.1, -0.05) is 32.9 Å². The summed E-state index contributed by atoms with van der Waals surface area (Å²) in [7, 11) is 0. The van der Waals surface area contributed by atoms with Crippen molar-refractivity contribution in [2.45, 2.75) is 45.3 Å². The van der Waals surface area contributed by atoms with Crippen molar-refractivity contribution in [1.29, 1.82) is 0 Å². The standard InChI is InChI=1S/C24H28N6O/c1-4-21-22(23-25-10-5-11-29(23)27-21)24(2,3)18-6-8-19(9-7-18)30-14-17(12-26-30)13-28-15-20(31)16-28/h5-12,14,20,31H,4,13,15-16H2,1-3H3. The molecule has 1 N–H and O–H groups in total. The fourth-order valence-corrected chi connectivity index (χ4v) is 4.51. The summed E-state index contributed by atoms with van der Waals surface area (Å²) in [5.74, 6) is 0. The Hall–Kier alpha value is -3.03. The lowest BCUT2D eigenvalue weighted by Crippen LogP contribution is -2.49. The van der Waals surface area contributed by atoms with Gasteiger partial charge in [-0.3, -0.25) is 4.90 Å². The number of aliphatic hydroxyl groups excluding tert-OH is 1. The second kappa shape index (κ2) is 7.59. The third-order valence-corrected chi connectivity index (χ3v) is 6.26. The highest BCUT2D eigenvalue weighted by atomic mass is 16.3. The van der Waals surface area contributed by atoms with E-state index in [0.717, 1.165) is 48.6 Å². The van der Waals surface area contributed by atoms with Crippen LogP contribution in [0, 0.1) is 0 Å². The predicted molar refractivity (Wildman–Crippen MR) is 119 cm³/mol. The van der Waals surface area contributed by atoms with Gasteiger partial charge in [0, 0.05) is 54.8 Å². The first-order valence-corrected chi connectivity index (χ1v) is 10.8. The van der Waals surface area contributed by atoms with Gasteiger partial charge >= 0.3 is 0 Å². The van der Waals surface area contributed by atoms with Crippen LogP contribution in [0.2, 0.25) is 0 Å². The van der Waals surface area contributed by atoms with Gasteiger partial charge in [-0.05, 0) is 30.2 Å². The lowest BCUT2D eigenvalue weighted by atomic mass is 9.77. The molecule has 7 nitrogen and oxygen atoms in total. The van der Waals surface area contributed by atoms with Crippen LogP contribution in [0.1, 0.15) is 43.2 Å². The average Bonchev–Trinajstić information content (AvgIpc) is 3.37. The van der Waals surface area contributed by atoms with Crippen molar-refractivity contribution in [3.8, 4) is 5.69 Å². The van der Waals surface area contributed by atoms with Crippen molar-refractivity contribution in [3.05, 3.63) is 77.5 Å². The quantitative estimate of drug-likeness (QED) is 0.523. The highest BCUT2D eigenvalue weighted by Crippen LogP contribution is 2.36. The number of rotatable bonds is 6. The maximum absolute atomic E-state index is 9.46. The van der Waals surface area contributed by atoms with Crippen molar-refractivity contribution >= 4 is 5.65 Å². The maximum Gasteiger partial charge on any atom is 0.159 e. The number of aliphatic hydroxyl groups is 1. The Morgan fingerprint density at radius 1 is 1.16 bits per heavy atom. The Morgan fingerprint density at radius 3 is 2.65 bits per heavy atom. The molecule has 1 fully saturated rings. The summed E-state index contributed by atoms with van der Waals surface area (Å²) in [6.07, 6.45) is 8.44. The minimum Gasteiger partial charge on any atom is -0.390 e. The van der Waals surface area contributed by atoms with E-state index < -0.39 is 0 Å². The van der Waals surface area contributed by atoms with Crippen LogP contribution in [0.4, 0.5) is 0 Å². The number of hydrogen-bond acceptors (Lipinski definition) is 5. The largest absolute Gasteiger partial charge is 0.390 e. The van der Waals surface area contributed by atoms with E-state index in [0.29, 0.717) is 0 Å². The summed E-state index contributed by atoms with van der Waals surface area (Å²) in [6.45, 7) is 8.92. The molecule has 4 heterocycles. The number of aryl methyl sites for hydroxylation is 1. The van der Waals surface area contributed by atoms with Crippen LogP contribution < -0.4 is 0 Å². The van der Waals surface area contributed by atoms with Crippen LogP contribution in [0.5, 0.6) is 0 Å². The molecule has 5 rings (SSSR count). The van der Waals surface area contributed by atoms with Gasteiger partial charge in [-0.2, -0.15) is 10.2 Å². The molecule has 1 saturated heterocycles. The van der Waals surface area contributed by atoms with E-state index >= 15 is 0 Å². The molecule has 7 heteroatoms. The third-order valence-electron chi connectivity index (χ3n) is 6.26. The molecule has 0 aliphatic carbocycles. The van der Waals surface area contributed by atoms with Crippen molar-refractivity contribution in [3.63, 3.8) is 0 Å². The molecule has 1 aromatic carbocycles. The molecule has 3 aromatic heterocycles. The Kier molecular flexibility index (Phi) is 4.87. The number of hydrogen-bond donors (Lipinski definition) is 1. The number of likely N-dealkylation sites (tertiary alicyclic amines) is 1. The van der Waals surface area contributed by atoms with Crippen molar-refractivity contribution in [2.24, 2.45) is 0 Å². The van der Waals surface area contributed by atoms with E-state index in [9.17, 15) is 5.11 Å². The second-order valence-corrected chi connectivity index (χ2v) is 8.88. The summed E-state index contributed by atoms with van der Waals surface area (Å²) in [5, 5.41) is 18.7. The first-order chi connectivity index (χ1) is 15.0. The number of β-amino-alcohol motifs (C(OH)–C–C–N with tert-alkyl or cyclic N) is 1. The van der Waals surface area contributed by atoms with Crippen LogP contribution in [0.15, 0.2) is 55.1 Å². The number of fused-ring (bicyclic) bond motifs is 1. The predicted octanol–water partition coefficient (Wildman–Crippen LogP) is 2.98. The van der Waals surface area contributed by atoms with Crippen LogP contribution in [-0.2, 0) is 18.4 Å². The Morgan fingerprint density at radius 2 is 1.94 bits per heavy atom. The van der Waals surface area contributed by atoms with Crippen LogP contribution >= 0.6 is 0 Å². The Labute approximate surface area is 182 Å². The van der Waals surface area contributed by atoms with E-state index in [4.69, 9.17) is 5.10 Å². The van der Waals surface area contributed by atoms with Gasteiger partial charge in [0.15, 0.2) is 5.65 Å². The summed E-state index contributed by atoms with van der Waals surface area (Å²) in [6, 6.07) is 10.5. The molecule has 0 atom stereocenters. The number of aromatic nitrogens is 5. The number of benzene rings is 1. The van der Waals surface area contributed by atoms with Gasteiger partial charge in [-0.25, -0.2) is 14.2 Å². The van der Waals surface area contributed by atoms with E-state index in [-0.39, 0.29) is 11.5 Å². The molecule has 31 heavy (non-hydrogen) atoms. The lowest BCUT2D eigenvalue weighted by Gasteiger charge is -2.35. The molecule has 0 radical (unpaired) electrons. The third kappa shape index (κ3) is 3.54. The molecule has 0 spiro atoms. The molecule has 1 aliphatic rings. The van der Waals surface area contributed by atoms with E-state index in [1.165, 1.54) is 11.1 Å². The van der Waals surface area contributed by atoms with Crippen LogP contribution in [-0.4, -0.2) is 53.6 Å². The smallest absolute Gasteiger partial charge is 0.159 e. The molecular weight excluding hydrogens is 388 g/mol. The summed E-state index contributed by atoms with van der Waals surface area (Å²) in [5.41, 5.74) is 6.36. The zero-order chi connectivity index (χ0) is 21.6. The Balaban J connectivity index is 1.42.